The van der Waals surface area contributed by atoms with Gasteiger partial charge >= 0.3 is 0 Å². The number of carbonyl (C=O) groups is 1. The summed E-state index contributed by atoms with van der Waals surface area (Å²) in [6.07, 6.45) is 0.545. The highest BCUT2D eigenvalue weighted by Gasteiger charge is 2.07. The second-order valence-electron chi connectivity index (χ2n) is 4.60. The van der Waals surface area contributed by atoms with Gasteiger partial charge in [-0.2, -0.15) is 0 Å². The number of aryl methyl sites for hydroxylation is 1. The largest absolute Gasteiger partial charge is 0.352 e. The lowest BCUT2D eigenvalue weighted by molar-refractivity contribution is 0.0954. The van der Waals surface area contributed by atoms with Gasteiger partial charge in [0.05, 0.1) is 0 Å². The molecule has 0 aliphatic carbocycles. The average molecular weight is 275 g/mol. The van der Waals surface area contributed by atoms with Gasteiger partial charge in [-0.15, -0.1) is 0 Å². The van der Waals surface area contributed by atoms with E-state index in [-0.39, 0.29) is 17.5 Å². The van der Waals surface area contributed by atoms with Crippen molar-refractivity contribution in [1.29, 1.82) is 0 Å². The number of nitrogens with one attached hydrogen (secondary N) is 1. The van der Waals surface area contributed by atoms with Crippen molar-refractivity contribution in [3.63, 3.8) is 0 Å². The highest BCUT2D eigenvalue weighted by molar-refractivity contribution is 5.94. The van der Waals surface area contributed by atoms with E-state index >= 15 is 0 Å². The predicted molar refractivity (Wildman–Crippen MR) is 73.6 cm³/mol. The Morgan fingerprint density at radius 2 is 1.95 bits per heavy atom. The topological polar surface area (TPSA) is 29.1 Å². The zero-order valence-electron chi connectivity index (χ0n) is 11.1. The van der Waals surface area contributed by atoms with Crippen molar-refractivity contribution in [3.05, 3.63) is 70.8 Å². The Kier molecular flexibility index (Phi) is 4.45. The number of hydrogen-bond acceptors (Lipinski definition) is 1. The molecular weight excluding hydrogens is 260 g/mol. The van der Waals surface area contributed by atoms with E-state index in [4.69, 9.17) is 0 Å². The Labute approximate surface area is 116 Å². The molecule has 0 spiro atoms. The summed E-state index contributed by atoms with van der Waals surface area (Å²) in [4.78, 5) is 11.9. The number of halogens is 2. The minimum Gasteiger partial charge on any atom is -0.352 e. The van der Waals surface area contributed by atoms with Crippen LogP contribution in [-0.2, 0) is 6.42 Å². The van der Waals surface area contributed by atoms with Crippen molar-refractivity contribution in [1.82, 2.24) is 5.32 Å². The third-order valence-corrected chi connectivity index (χ3v) is 3.01. The Morgan fingerprint density at radius 1 is 1.15 bits per heavy atom. The number of carbonyl (C=O) groups excluding carboxylic acids is 1. The number of rotatable bonds is 4. The predicted octanol–water partition coefficient (Wildman–Crippen LogP) is 3.25. The molecule has 2 nitrogen and oxygen atoms in total. The minimum atomic E-state index is -0.332. The zero-order chi connectivity index (χ0) is 14.5. The third kappa shape index (κ3) is 3.63. The molecule has 0 atom stereocenters. The molecule has 0 radical (unpaired) electrons. The molecule has 0 saturated carbocycles. The van der Waals surface area contributed by atoms with Gasteiger partial charge in [0.2, 0.25) is 0 Å². The first-order valence-electron chi connectivity index (χ1n) is 6.35. The van der Waals surface area contributed by atoms with Crippen LogP contribution in [0.15, 0.2) is 42.5 Å². The van der Waals surface area contributed by atoms with Gasteiger partial charge in [0.15, 0.2) is 0 Å². The van der Waals surface area contributed by atoms with Crippen LogP contribution in [0.3, 0.4) is 0 Å². The van der Waals surface area contributed by atoms with Gasteiger partial charge in [-0.25, -0.2) is 8.78 Å². The zero-order valence-corrected chi connectivity index (χ0v) is 11.1. The van der Waals surface area contributed by atoms with Gasteiger partial charge in [-0.3, -0.25) is 4.79 Å². The fraction of sp³-hybridized carbons (Fsp3) is 0.188. The lowest BCUT2D eigenvalue weighted by atomic mass is 10.1. The monoisotopic (exact) mass is 275 g/mol. The van der Waals surface area contributed by atoms with E-state index in [1.165, 1.54) is 30.3 Å². The smallest absolute Gasteiger partial charge is 0.251 e. The molecule has 0 saturated heterocycles. The van der Waals surface area contributed by atoms with E-state index < -0.39 is 0 Å². The third-order valence-electron chi connectivity index (χ3n) is 3.01. The first kappa shape index (κ1) is 14.2. The molecule has 1 amide bonds. The van der Waals surface area contributed by atoms with Crippen molar-refractivity contribution in [2.24, 2.45) is 0 Å². The van der Waals surface area contributed by atoms with Gasteiger partial charge in [0.25, 0.3) is 5.91 Å². The lowest BCUT2D eigenvalue weighted by Gasteiger charge is -2.06. The van der Waals surface area contributed by atoms with Crippen LogP contribution in [0.2, 0.25) is 0 Å². The van der Waals surface area contributed by atoms with E-state index in [9.17, 15) is 13.6 Å². The first-order chi connectivity index (χ1) is 9.56. The summed E-state index contributed by atoms with van der Waals surface area (Å²) >= 11 is 0. The maximum Gasteiger partial charge on any atom is 0.251 e. The van der Waals surface area contributed by atoms with E-state index in [1.807, 2.05) is 0 Å². The van der Waals surface area contributed by atoms with E-state index in [0.717, 1.165) is 5.56 Å². The van der Waals surface area contributed by atoms with Gasteiger partial charge < -0.3 is 5.32 Å². The number of benzene rings is 2. The highest BCUT2D eigenvalue weighted by atomic mass is 19.1. The number of hydrogen-bond donors (Lipinski definition) is 1. The molecule has 0 fully saturated rings. The maximum absolute atomic E-state index is 13.1. The first-order valence-corrected chi connectivity index (χ1v) is 6.35. The SMILES string of the molecule is Cc1cc(C(=O)NCCc2cccc(F)c2)ccc1F. The van der Waals surface area contributed by atoms with Crippen LogP contribution in [-0.4, -0.2) is 12.5 Å². The molecule has 4 heteroatoms. The molecule has 0 aliphatic rings. The summed E-state index contributed by atoms with van der Waals surface area (Å²) in [7, 11) is 0. The average Bonchev–Trinajstić information content (AvgIpc) is 2.42. The molecule has 0 aliphatic heterocycles. The van der Waals surface area contributed by atoms with Gasteiger partial charge in [-0.1, -0.05) is 12.1 Å². The molecule has 0 bridgehead atoms. The van der Waals surface area contributed by atoms with Crippen molar-refractivity contribution in [3.8, 4) is 0 Å². The Balaban J connectivity index is 1.90. The van der Waals surface area contributed by atoms with Crippen LogP contribution in [0.25, 0.3) is 0 Å². The summed E-state index contributed by atoms with van der Waals surface area (Å²) in [6.45, 7) is 2.01. The molecule has 20 heavy (non-hydrogen) atoms. The Bertz CT molecular complexity index is 626. The van der Waals surface area contributed by atoms with E-state index in [1.54, 1.807) is 19.1 Å². The Morgan fingerprint density at radius 3 is 2.65 bits per heavy atom. The van der Waals surface area contributed by atoms with Gasteiger partial charge in [-0.05, 0) is 54.8 Å². The van der Waals surface area contributed by atoms with Crippen LogP contribution < -0.4 is 5.32 Å². The van der Waals surface area contributed by atoms with Crippen molar-refractivity contribution in [2.45, 2.75) is 13.3 Å². The summed E-state index contributed by atoms with van der Waals surface area (Å²) in [5.74, 6) is -0.881. The summed E-state index contributed by atoms with van der Waals surface area (Å²) in [5, 5.41) is 2.73. The van der Waals surface area contributed by atoms with E-state index in [0.29, 0.717) is 24.1 Å². The second kappa shape index (κ2) is 6.28. The van der Waals surface area contributed by atoms with Crippen molar-refractivity contribution >= 4 is 5.91 Å². The fourth-order valence-corrected chi connectivity index (χ4v) is 1.90. The molecule has 2 aromatic rings. The van der Waals surface area contributed by atoms with Crippen LogP contribution in [0, 0.1) is 18.6 Å². The van der Waals surface area contributed by atoms with Crippen molar-refractivity contribution in [2.75, 3.05) is 6.54 Å². The highest BCUT2D eigenvalue weighted by Crippen LogP contribution is 2.09. The fourth-order valence-electron chi connectivity index (χ4n) is 1.90. The molecule has 2 rings (SSSR count). The normalized spacial score (nSPS) is 10.3. The van der Waals surface area contributed by atoms with E-state index in [2.05, 4.69) is 5.32 Å². The van der Waals surface area contributed by atoms with Gasteiger partial charge in [0.1, 0.15) is 11.6 Å². The molecular formula is C16H15F2NO. The lowest BCUT2D eigenvalue weighted by Crippen LogP contribution is -2.25. The van der Waals surface area contributed by atoms with Crippen LogP contribution >= 0.6 is 0 Å². The summed E-state index contributed by atoms with van der Waals surface area (Å²) in [5.41, 5.74) is 1.67. The van der Waals surface area contributed by atoms with Crippen molar-refractivity contribution < 1.29 is 13.6 Å². The molecule has 0 aromatic heterocycles. The molecule has 0 heterocycles. The number of amides is 1. The van der Waals surface area contributed by atoms with Crippen LogP contribution in [0.4, 0.5) is 8.78 Å². The Hall–Kier alpha value is -2.23. The maximum atomic E-state index is 13.1. The molecule has 2 aromatic carbocycles. The minimum absolute atomic E-state index is 0.260. The molecule has 0 unspecified atom stereocenters. The standard InChI is InChI=1S/C16H15F2NO/c1-11-9-13(5-6-15(11)18)16(20)19-8-7-12-3-2-4-14(17)10-12/h2-6,9-10H,7-8H2,1H3,(H,19,20). The van der Waals surface area contributed by atoms with Gasteiger partial charge in [0, 0.05) is 12.1 Å². The molecule has 104 valence electrons. The van der Waals surface area contributed by atoms with Crippen LogP contribution in [0.5, 0.6) is 0 Å². The quantitative estimate of drug-likeness (QED) is 0.911. The summed E-state index contributed by atoms with van der Waals surface area (Å²) in [6, 6.07) is 10.5. The molecule has 1 N–H and O–H groups in total. The second-order valence-corrected chi connectivity index (χ2v) is 4.60. The van der Waals surface area contributed by atoms with Crippen LogP contribution in [0.1, 0.15) is 21.5 Å². The summed E-state index contributed by atoms with van der Waals surface area (Å²) < 4.78 is 26.1.